The van der Waals surface area contributed by atoms with Gasteiger partial charge in [0.05, 0.1) is 5.69 Å². The third kappa shape index (κ3) is 3.30. The molecule has 0 saturated heterocycles. The van der Waals surface area contributed by atoms with Gasteiger partial charge in [0, 0.05) is 10.6 Å². The van der Waals surface area contributed by atoms with E-state index in [0.717, 1.165) is 11.3 Å². The van der Waals surface area contributed by atoms with Crippen molar-refractivity contribution in [2.75, 3.05) is 0 Å². The summed E-state index contributed by atoms with van der Waals surface area (Å²) in [4.78, 5) is 16.0. The Bertz CT molecular complexity index is 791. The summed E-state index contributed by atoms with van der Waals surface area (Å²) in [6, 6.07) is 14.5. The minimum absolute atomic E-state index is 0.0555. The highest BCUT2D eigenvalue weighted by Crippen LogP contribution is 2.12. The van der Waals surface area contributed by atoms with Crippen molar-refractivity contribution in [3.05, 3.63) is 83.4 Å². The van der Waals surface area contributed by atoms with Crippen LogP contribution in [-0.4, -0.2) is 20.5 Å². The van der Waals surface area contributed by atoms with Crippen LogP contribution < -0.4 is 0 Å². The van der Waals surface area contributed by atoms with Crippen molar-refractivity contribution in [1.82, 2.24) is 14.8 Å². The number of aromatic nitrogens is 3. The molecule has 0 aliphatic rings. The number of rotatable bonds is 4. The van der Waals surface area contributed by atoms with Crippen LogP contribution in [0.2, 0.25) is 5.02 Å². The third-order valence-corrected chi connectivity index (χ3v) is 3.38. The Morgan fingerprint density at radius 2 is 1.77 bits per heavy atom. The molecule has 3 rings (SSSR count). The Hall–Kier alpha value is -2.72. The lowest BCUT2D eigenvalue weighted by Gasteiger charge is -2.01. The quantitative estimate of drug-likeness (QED) is 0.544. The monoisotopic (exact) mass is 309 g/mol. The van der Waals surface area contributed by atoms with Gasteiger partial charge in [0.1, 0.15) is 12.7 Å². The minimum Gasteiger partial charge on any atom is -0.289 e. The first-order valence-corrected chi connectivity index (χ1v) is 7.03. The smallest absolute Gasteiger partial charge is 0.185 e. The van der Waals surface area contributed by atoms with Crippen LogP contribution in [0, 0.1) is 0 Å². The van der Waals surface area contributed by atoms with E-state index in [1.165, 1.54) is 6.33 Å². The average Bonchev–Trinajstić information content (AvgIpc) is 3.09. The van der Waals surface area contributed by atoms with E-state index in [-0.39, 0.29) is 5.78 Å². The number of nitrogens with zero attached hydrogens (tertiary/aromatic N) is 3. The highest BCUT2D eigenvalue weighted by atomic mass is 35.5. The van der Waals surface area contributed by atoms with Gasteiger partial charge in [-0.3, -0.25) is 4.79 Å². The van der Waals surface area contributed by atoms with Gasteiger partial charge < -0.3 is 0 Å². The van der Waals surface area contributed by atoms with Gasteiger partial charge in [-0.15, -0.1) is 0 Å². The molecule has 0 aliphatic carbocycles. The maximum absolute atomic E-state index is 12.1. The van der Waals surface area contributed by atoms with Gasteiger partial charge >= 0.3 is 0 Å². The first kappa shape index (κ1) is 14.2. The van der Waals surface area contributed by atoms with E-state index in [1.54, 1.807) is 47.4 Å². The van der Waals surface area contributed by atoms with Gasteiger partial charge in [-0.1, -0.05) is 29.8 Å². The largest absolute Gasteiger partial charge is 0.289 e. The zero-order valence-corrected chi connectivity index (χ0v) is 12.3. The molecule has 108 valence electrons. The number of hydrogen-bond acceptors (Lipinski definition) is 3. The van der Waals surface area contributed by atoms with E-state index in [2.05, 4.69) is 10.1 Å². The normalized spacial score (nSPS) is 11.0. The summed E-state index contributed by atoms with van der Waals surface area (Å²) < 4.78 is 1.64. The molecule has 0 saturated carbocycles. The molecular weight excluding hydrogens is 298 g/mol. The fraction of sp³-hybridized carbons (Fsp3) is 0. The molecule has 0 atom stereocenters. The molecule has 0 aliphatic heterocycles. The van der Waals surface area contributed by atoms with Crippen LogP contribution in [0.4, 0.5) is 0 Å². The summed E-state index contributed by atoms with van der Waals surface area (Å²) >= 11 is 5.82. The number of halogens is 1. The number of hydrogen-bond donors (Lipinski definition) is 0. The number of carbonyl (C=O) groups is 1. The van der Waals surface area contributed by atoms with Crippen molar-refractivity contribution in [2.45, 2.75) is 0 Å². The maximum Gasteiger partial charge on any atom is 0.185 e. The summed E-state index contributed by atoms with van der Waals surface area (Å²) in [5, 5.41) is 4.71. The first-order chi connectivity index (χ1) is 10.7. The molecule has 0 unspecified atom stereocenters. The Morgan fingerprint density at radius 3 is 2.41 bits per heavy atom. The second-order valence-corrected chi connectivity index (χ2v) is 5.07. The van der Waals surface area contributed by atoms with Crippen LogP contribution in [0.5, 0.6) is 0 Å². The van der Waals surface area contributed by atoms with E-state index in [4.69, 9.17) is 11.6 Å². The number of allylic oxidation sites excluding steroid dienone is 1. The van der Waals surface area contributed by atoms with Gasteiger partial charge in [0.15, 0.2) is 5.78 Å². The van der Waals surface area contributed by atoms with Crippen LogP contribution in [0.3, 0.4) is 0 Å². The molecule has 1 heterocycles. The zero-order chi connectivity index (χ0) is 15.4. The molecule has 0 fully saturated rings. The lowest BCUT2D eigenvalue weighted by atomic mass is 10.1. The predicted octanol–water partition coefficient (Wildman–Crippen LogP) is 3.82. The van der Waals surface area contributed by atoms with Gasteiger partial charge in [-0.25, -0.2) is 9.67 Å². The highest BCUT2D eigenvalue weighted by molar-refractivity contribution is 6.30. The molecule has 0 spiro atoms. The molecule has 22 heavy (non-hydrogen) atoms. The molecule has 4 nitrogen and oxygen atoms in total. The summed E-state index contributed by atoms with van der Waals surface area (Å²) in [5.41, 5.74) is 2.40. The number of carbonyl (C=O) groups excluding carboxylic acids is 1. The molecule has 3 aromatic rings. The Balaban J connectivity index is 1.73. The van der Waals surface area contributed by atoms with E-state index in [9.17, 15) is 4.79 Å². The minimum atomic E-state index is -0.0555. The van der Waals surface area contributed by atoms with E-state index >= 15 is 0 Å². The Kier molecular flexibility index (Phi) is 4.12. The SMILES string of the molecule is O=C(/C=C/c1ccc(Cl)cc1)c1ccc(-n2cncn2)cc1. The van der Waals surface area contributed by atoms with E-state index in [0.29, 0.717) is 10.6 Å². The summed E-state index contributed by atoms with van der Waals surface area (Å²) in [6.45, 7) is 0. The van der Waals surface area contributed by atoms with Crippen molar-refractivity contribution in [1.29, 1.82) is 0 Å². The third-order valence-electron chi connectivity index (χ3n) is 3.13. The maximum atomic E-state index is 12.1. The molecular formula is C17H12ClN3O. The van der Waals surface area contributed by atoms with Crippen molar-refractivity contribution in [2.24, 2.45) is 0 Å². The molecule has 0 radical (unpaired) electrons. The second-order valence-electron chi connectivity index (χ2n) is 4.64. The molecule has 0 bridgehead atoms. The van der Waals surface area contributed by atoms with Crippen molar-refractivity contribution >= 4 is 23.5 Å². The fourth-order valence-electron chi connectivity index (χ4n) is 1.96. The topological polar surface area (TPSA) is 47.8 Å². The zero-order valence-electron chi connectivity index (χ0n) is 11.6. The van der Waals surface area contributed by atoms with E-state index < -0.39 is 0 Å². The van der Waals surface area contributed by atoms with Crippen LogP contribution in [0.1, 0.15) is 15.9 Å². The van der Waals surface area contributed by atoms with Crippen molar-refractivity contribution < 1.29 is 4.79 Å². The van der Waals surface area contributed by atoms with Crippen molar-refractivity contribution in [3.8, 4) is 5.69 Å². The van der Waals surface area contributed by atoms with E-state index in [1.807, 2.05) is 24.3 Å². The lowest BCUT2D eigenvalue weighted by molar-refractivity contribution is 0.104. The summed E-state index contributed by atoms with van der Waals surface area (Å²) in [5.74, 6) is -0.0555. The first-order valence-electron chi connectivity index (χ1n) is 6.65. The highest BCUT2D eigenvalue weighted by Gasteiger charge is 2.03. The standard InChI is InChI=1S/C17H12ClN3O/c18-15-6-1-13(2-7-15)3-10-17(22)14-4-8-16(9-5-14)21-12-19-11-20-21/h1-12H/b10-3+. The van der Waals surface area contributed by atoms with Crippen LogP contribution in [0.25, 0.3) is 11.8 Å². The van der Waals surface area contributed by atoms with Gasteiger partial charge in [-0.05, 0) is 48.0 Å². The summed E-state index contributed by atoms with van der Waals surface area (Å²) in [6.07, 6.45) is 6.39. The Morgan fingerprint density at radius 1 is 1.05 bits per heavy atom. The molecule has 5 heteroatoms. The average molecular weight is 310 g/mol. The van der Waals surface area contributed by atoms with Crippen LogP contribution in [0.15, 0.2) is 67.3 Å². The molecule has 0 amide bonds. The van der Waals surface area contributed by atoms with Gasteiger partial charge in [0.25, 0.3) is 0 Å². The fourth-order valence-corrected chi connectivity index (χ4v) is 2.09. The van der Waals surface area contributed by atoms with Crippen molar-refractivity contribution in [3.63, 3.8) is 0 Å². The molecule has 0 N–H and O–H groups in total. The molecule has 1 aromatic heterocycles. The summed E-state index contributed by atoms with van der Waals surface area (Å²) in [7, 11) is 0. The van der Waals surface area contributed by atoms with Gasteiger partial charge in [0.2, 0.25) is 0 Å². The second kappa shape index (κ2) is 6.37. The molecule has 2 aromatic carbocycles. The number of benzene rings is 2. The predicted molar refractivity (Wildman–Crippen MR) is 86.2 cm³/mol. The lowest BCUT2D eigenvalue weighted by Crippen LogP contribution is -1.97. The van der Waals surface area contributed by atoms with Gasteiger partial charge in [-0.2, -0.15) is 5.10 Å². The number of ketones is 1. The van der Waals surface area contributed by atoms with Crippen LogP contribution in [-0.2, 0) is 0 Å². The van der Waals surface area contributed by atoms with Crippen LogP contribution >= 0.6 is 11.6 Å². The Labute approximate surface area is 132 Å².